The fraction of sp³-hybridized carbons (Fsp3) is 0.167. The van der Waals surface area contributed by atoms with Crippen LogP contribution in [0.4, 0.5) is 0 Å². The molecule has 3 rings (SSSR count). The van der Waals surface area contributed by atoms with Crippen molar-refractivity contribution in [1.29, 1.82) is 0 Å². The smallest absolute Gasteiger partial charge is 0.265 e. The molecule has 0 bridgehead atoms. The molecule has 0 unspecified atom stereocenters. The maximum Gasteiger partial charge on any atom is 0.265 e. The lowest BCUT2D eigenvalue weighted by Crippen LogP contribution is -2.46. The predicted molar refractivity (Wildman–Crippen MR) is 93.2 cm³/mol. The molecule has 2 aromatic rings. The molecule has 8 nitrogen and oxygen atoms in total. The van der Waals surface area contributed by atoms with Crippen LogP contribution >= 0.6 is 0 Å². The van der Waals surface area contributed by atoms with Crippen LogP contribution in [0, 0.1) is 0 Å². The molecule has 8 heteroatoms. The zero-order valence-electron chi connectivity index (χ0n) is 13.7. The molecule has 0 saturated carbocycles. The summed E-state index contributed by atoms with van der Waals surface area (Å²) in [5.41, 5.74) is 2.91. The zero-order valence-corrected chi connectivity index (χ0v) is 13.7. The van der Waals surface area contributed by atoms with E-state index in [1.165, 1.54) is 18.3 Å². The molecule has 2 amide bonds. The third kappa shape index (κ3) is 4.50. The predicted octanol–water partition coefficient (Wildman–Crippen LogP) is 0.798. The Morgan fingerprint density at radius 1 is 1.19 bits per heavy atom. The van der Waals surface area contributed by atoms with Gasteiger partial charge in [-0.25, -0.2) is 5.43 Å². The highest BCUT2D eigenvalue weighted by molar-refractivity contribution is 5.88. The minimum Gasteiger partial charge on any atom is -0.508 e. The maximum absolute atomic E-state index is 12.1. The van der Waals surface area contributed by atoms with Crippen molar-refractivity contribution in [2.24, 2.45) is 5.10 Å². The van der Waals surface area contributed by atoms with Gasteiger partial charge in [0.15, 0.2) is 11.5 Å². The Hall–Kier alpha value is -3.55. The summed E-state index contributed by atoms with van der Waals surface area (Å²) in [4.78, 5) is 23.8. The lowest BCUT2D eigenvalue weighted by atomic mass is 10.2. The summed E-state index contributed by atoms with van der Waals surface area (Å²) >= 11 is 0. The molecule has 0 saturated heterocycles. The highest BCUT2D eigenvalue weighted by atomic mass is 16.6. The van der Waals surface area contributed by atoms with E-state index in [9.17, 15) is 14.7 Å². The third-order valence-electron chi connectivity index (χ3n) is 3.50. The minimum atomic E-state index is -0.825. The van der Waals surface area contributed by atoms with Crippen LogP contribution < -0.4 is 20.2 Å². The Morgan fingerprint density at radius 2 is 2.00 bits per heavy atom. The van der Waals surface area contributed by atoms with Gasteiger partial charge in [0.05, 0.1) is 12.8 Å². The second-order valence-electron chi connectivity index (χ2n) is 5.47. The fourth-order valence-electron chi connectivity index (χ4n) is 2.25. The van der Waals surface area contributed by atoms with Crippen molar-refractivity contribution in [3.8, 4) is 17.2 Å². The van der Waals surface area contributed by atoms with Gasteiger partial charge in [-0.1, -0.05) is 24.3 Å². The minimum absolute atomic E-state index is 0.0696. The number of phenols is 1. The number of hydrazone groups is 1. The number of hydrogen-bond acceptors (Lipinski definition) is 6. The first-order valence-corrected chi connectivity index (χ1v) is 7.89. The number of fused-ring (bicyclic) bond motifs is 1. The van der Waals surface area contributed by atoms with Crippen molar-refractivity contribution in [3.63, 3.8) is 0 Å². The number of amides is 2. The van der Waals surface area contributed by atoms with E-state index < -0.39 is 17.9 Å². The van der Waals surface area contributed by atoms with E-state index in [4.69, 9.17) is 9.47 Å². The van der Waals surface area contributed by atoms with E-state index in [-0.39, 0.29) is 18.9 Å². The summed E-state index contributed by atoms with van der Waals surface area (Å²) in [5, 5.41) is 15.6. The molecule has 0 radical (unpaired) electrons. The first-order chi connectivity index (χ1) is 12.6. The van der Waals surface area contributed by atoms with Crippen molar-refractivity contribution >= 4 is 18.0 Å². The Labute approximate surface area is 149 Å². The number of rotatable bonds is 5. The summed E-state index contributed by atoms with van der Waals surface area (Å²) in [6.45, 7) is -0.183. The molecule has 0 aliphatic carbocycles. The van der Waals surface area contributed by atoms with Gasteiger partial charge < -0.3 is 19.9 Å². The molecule has 0 spiro atoms. The number of nitrogens with one attached hydrogen (secondary N) is 2. The normalized spacial score (nSPS) is 15.5. The largest absolute Gasteiger partial charge is 0.508 e. The van der Waals surface area contributed by atoms with Crippen LogP contribution in [0.5, 0.6) is 17.2 Å². The summed E-state index contributed by atoms with van der Waals surface area (Å²) in [6, 6.07) is 13.4. The average molecular weight is 355 g/mol. The van der Waals surface area contributed by atoms with E-state index in [1.54, 1.807) is 30.3 Å². The molecule has 1 aliphatic rings. The highest BCUT2D eigenvalue weighted by Crippen LogP contribution is 2.30. The van der Waals surface area contributed by atoms with Gasteiger partial charge in [-0.3, -0.25) is 9.59 Å². The van der Waals surface area contributed by atoms with Crippen LogP contribution in [0.1, 0.15) is 5.56 Å². The molecule has 2 aromatic carbocycles. The topological polar surface area (TPSA) is 109 Å². The first kappa shape index (κ1) is 17.3. The van der Waals surface area contributed by atoms with Crippen LogP contribution in [-0.4, -0.2) is 42.4 Å². The molecule has 0 fully saturated rings. The number of hydrogen-bond donors (Lipinski definition) is 3. The van der Waals surface area contributed by atoms with Crippen molar-refractivity contribution in [2.75, 3.05) is 13.2 Å². The number of benzene rings is 2. The SMILES string of the molecule is O=C(CNC(=O)[C@@H]1COc2ccccc2O1)N/N=C/c1cccc(O)c1. The first-order valence-electron chi connectivity index (χ1n) is 7.89. The van der Waals surface area contributed by atoms with Gasteiger partial charge in [-0.15, -0.1) is 0 Å². The van der Waals surface area contributed by atoms with Crippen molar-refractivity contribution in [1.82, 2.24) is 10.7 Å². The Bertz CT molecular complexity index is 837. The van der Waals surface area contributed by atoms with Crippen molar-refractivity contribution < 1.29 is 24.2 Å². The molecule has 3 N–H and O–H groups in total. The molecule has 0 aromatic heterocycles. The van der Waals surface area contributed by atoms with E-state index >= 15 is 0 Å². The Morgan fingerprint density at radius 3 is 2.81 bits per heavy atom. The highest BCUT2D eigenvalue weighted by Gasteiger charge is 2.27. The van der Waals surface area contributed by atoms with Gasteiger partial charge in [0.2, 0.25) is 6.10 Å². The molecule has 1 heterocycles. The second kappa shape index (κ2) is 8.02. The van der Waals surface area contributed by atoms with Crippen molar-refractivity contribution in [2.45, 2.75) is 6.10 Å². The van der Waals surface area contributed by atoms with E-state index in [0.717, 1.165) is 0 Å². The molecular weight excluding hydrogens is 338 g/mol. The third-order valence-corrected chi connectivity index (χ3v) is 3.50. The molecular formula is C18H17N3O5. The number of phenolic OH excluding ortho intramolecular Hbond substituents is 1. The fourth-order valence-corrected chi connectivity index (χ4v) is 2.25. The standard InChI is InChI=1S/C18H17N3O5/c22-13-5-3-4-12(8-13)9-20-21-17(23)10-19-18(24)16-11-25-14-6-1-2-7-15(14)26-16/h1-9,16,22H,10-11H2,(H,19,24)(H,21,23)/b20-9+/t16-/m0/s1. The van der Waals surface area contributed by atoms with Crippen LogP contribution in [0.15, 0.2) is 53.6 Å². The molecule has 134 valence electrons. The quantitative estimate of drug-likeness (QED) is 0.543. The van der Waals surface area contributed by atoms with E-state index in [2.05, 4.69) is 15.8 Å². The Balaban J connectivity index is 1.44. The number of carbonyl (C=O) groups excluding carboxylic acids is 2. The maximum atomic E-state index is 12.1. The number of ether oxygens (including phenoxy) is 2. The molecule has 1 atom stereocenters. The van der Waals surface area contributed by atoms with Crippen LogP contribution in [-0.2, 0) is 9.59 Å². The van der Waals surface area contributed by atoms with Crippen molar-refractivity contribution in [3.05, 3.63) is 54.1 Å². The lowest BCUT2D eigenvalue weighted by Gasteiger charge is -2.25. The van der Waals surface area contributed by atoms with Crippen LogP contribution in [0.25, 0.3) is 0 Å². The number of aromatic hydroxyl groups is 1. The van der Waals surface area contributed by atoms with Gasteiger partial charge in [-0.05, 0) is 29.8 Å². The molecule has 26 heavy (non-hydrogen) atoms. The number of para-hydroxylation sites is 2. The molecule has 1 aliphatic heterocycles. The van der Waals surface area contributed by atoms with Gasteiger partial charge in [0.25, 0.3) is 11.8 Å². The number of nitrogens with zero attached hydrogens (tertiary/aromatic N) is 1. The van der Waals surface area contributed by atoms with Crippen LogP contribution in [0.3, 0.4) is 0 Å². The summed E-state index contributed by atoms with van der Waals surface area (Å²) in [5.74, 6) is 0.219. The second-order valence-corrected chi connectivity index (χ2v) is 5.47. The van der Waals surface area contributed by atoms with Gasteiger partial charge in [0, 0.05) is 0 Å². The van der Waals surface area contributed by atoms with Crippen LogP contribution in [0.2, 0.25) is 0 Å². The number of carbonyl (C=O) groups is 2. The van der Waals surface area contributed by atoms with E-state index in [1.807, 2.05) is 6.07 Å². The van der Waals surface area contributed by atoms with Gasteiger partial charge >= 0.3 is 0 Å². The Kier molecular flexibility index (Phi) is 5.33. The lowest BCUT2D eigenvalue weighted by molar-refractivity contribution is -0.132. The average Bonchev–Trinajstić information content (AvgIpc) is 2.66. The summed E-state index contributed by atoms with van der Waals surface area (Å²) in [7, 11) is 0. The zero-order chi connectivity index (χ0) is 18.4. The van der Waals surface area contributed by atoms with Gasteiger partial charge in [0.1, 0.15) is 12.4 Å². The van der Waals surface area contributed by atoms with E-state index in [0.29, 0.717) is 17.1 Å². The summed E-state index contributed by atoms with van der Waals surface area (Å²) < 4.78 is 11.0. The van der Waals surface area contributed by atoms with Gasteiger partial charge in [-0.2, -0.15) is 5.10 Å². The summed E-state index contributed by atoms with van der Waals surface area (Å²) in [6.07, 6.45) is 0.558. The monoisotopic (exact) mass is 355 g/mol.